The zero-order valence-corrected chi connectivity index (χ0v) is 28.5. The Morgan fingerprint density at radius 1 is 0.750 bits per heavy atom. The average Bonchev–Trinajstić information content (AvgIpc) is 3.10. The van der Waals surface area contributed by atoms with Crippen LogP contribution in [0.5, 0.6) is 0 Å². The summed E-state index contributed by atoms with van der Waals surface area (Å²) < 4.78 is 11.2. The van der Waals surface area contributed by atoms with Gasteiger partial charge in [0.1, 0.15) is 30.5 Å². The van der Waals surface area contributed by atoms with E-state index in [9.17, 15) is 35.4 Å². The van der Waals surface area contributed by atoms with Crippen LogP contribution in [0.15, 0.2) is 60.7 Å². The van der Waals surface area contributed by atoms with Gasteiger partial charge in [0, 0.05) is 0 Å². The number of hydrogen-bond donors (Lipinski definition) is 7. The lowest BCUT2D eigenvalue weighted by Crippen LogP contribution is -2.60. The van der Waals surface area contributed by atoms with E-state index in [4.69, 9.17) is 9.47 Å². The van der Waals surface area contributed by atoms with Gasteiger partial charge in [-0.15, -0.1) is 0 Å². The quantitative estimate of drug-likeness (QED) is 0.0865. The molecule has 8 atom stereocenters. The Bertz CT molecular complexity index is 1080. The zero-order chi connectivity index (χ0) is 34.7. The van der Waals surface area contributed by atoms with E-state index in [0.717, 1.165) is 30.4 Å². The fourth-order valence-corrected chi connectivity index (χ4v) is 6.31. The van der Waals surface area contributed by atoms with Crippen molar-refractivity contribution >= 4 is 5.91 Å². The fraction of sp³-hybridized carbons (Fsp3) is 0.658. The third kappa shape index (κ3) is 12.8. The molecule has 1 heterocycles. The Morgan fingerprint density at radius 2 is 1.25 bits per heavy atom. The average molecular weight is 674 g/mol. The zero-order valence-electron chi connectivity index (χ0n) is 28.5. The lowest BCUT2D eigenvalue weighted by atomic mass is 9.90. The summed E-state index contributed by atoms with van der Waals surface area (Å²) in [5, 5.41) is 65.6. The van der Waals surface area contributed by atoms with Crippen LogP contribution in [0, 0.1) is 0 Å². The summed E-state index contributed by atoms with van der Waals surface area (Å²) in [7, 11) is 0. The molecule has 0 bridgehead atoms. The Labute approximate surface area is 286 Å². The van der Waals surface area contributed by atoms with Gasteiger partial charge in [0.05, 0.1) is 31.3 Å². The van der Waals surface area contributed by atoms with Gasteiger partial charge in [-0.25, -0.2) is 0 Å². The van der Waals surface area contributed by atoms with E-state index in [1.54, 1.807) is 0 Å². The minimum Gasteiger partial charge on any atom is -0.394 e. The second-order valence-electron chi connectivity index (χ2n) is 13.1. The molecule has 0 aliphatic carbocycles. The SMILES string of the molecule is CCCCCCCCCCCCCCC(O)C(O)C(CO[C@H]1O[C@H](CO)[C@H](O)[C@H](O)[C@H]1O)NC(=O)C(c1ccccc1)c1ccccc1. The van der Waals surface area contributed by atoms with Crippen molar-refractivity contribution in [2.24, 2.45) is 0 Å². The van der Waals surface area contributed by atoms with Crippen molar-refractivity contribution in [2.75, 3.05) is 13.2 Å². The Morgan fingerprint density at radius 3 is 1.75 bits per heavy atom. The third-order valence-corrected chi connectivity index (χ3v) is 9.30. The molecule has 10 heteroatoms. The molecule has 2 aromatic carbocycles. The maximum atomic E-state index is 13.9. The van der Waals surface area contributed by atoms with Crippen molar-refractivity contribution in [1.82, 2.24) is 5.32 Å². The van der Waals surface area contributed by atoms with Crippen LogP contribution in [-0.4, -0.2) is 98.7 Å². The summed E-state index contributed by atoms with van der Waals surface area (Å²) in [6, 6.07) is 17.3. The molecule has 0 radical (unpaired) electrons. The molecule has 3 rings (SSSR count). The summed E-state index contributed by atoms with van der Waals surface area (Å²) >= 11 is 0. The topological polar surface area (TPSA) is 169 Å². The normalized spacial score (nSPS) is 23.1. The molecule has 0 saturated carbocycles. The van der Waals surface area contributed by atoms with Crippen LogP contribution in [0.1, 0.15) is 107 Å². The number of nitrogens with one attached hydrogen (secondary N) is 1. The first-order valence-corrected chi connectivity index (χ1v) is 18.0. The van der Waals surface area contributed by atoms with E-state index in [0.29, 0.717) is 12.8 Å². The minimum atomic E-state index is -1.65. The van der Waals surface area contributed by atoms with Crippen LogP contribution in [0.2, 0.25) is 0 Å². The molecule has 270 valence electrons. The Kier molecular flexibility index (Phi) is 18.6. The summed E-state index contributed by atoms with van der Waals surface area (Å²) in [4.78, 5) is 13.9. The molecule has 10 nitrogen and oxygen atoms in total. The predicted octanol–water partition coefficient (Wildman–Crippen LogP) is 3.93. The van der Waals surface area contributed by atoms with Crippen molar-refractivity contribution in [3.63, 3.8) is 0 Å². The van der Waals surface area contributed by atoms with Crippen LogP contribution >= 0.6 is 0 Å². The number of carbonyl (C=O) groups is 1. The van der Waals surface area contributed by atoms with E-state index in [1.807, 2.05) is 60.7 Å². The van der Waals surface area contributed by atoms with Crippen LogP contribution in [-0.2, 0) is 14.3 Å². The minimum absolute atomic E-state index is 0.325. The summed E-state index contributed by atoms with van der Waals surface area (Å²) in [6.45, 7) is 1.22. The highest BCUT2D eigenvalue weighted by molar-refractivity contribution is 5.87. The number of amides is 1. The van der Waals surface area contributed by atoms with Gasteiger partial charge < -0.3 is 45.4 Å². The number of rotatable bonds is 23. The van der Waals surface area contributed by atoms with Crippen molar-refractivity contribution < 1.29 is 44.9 Å². The van der Waals surface area contributed by atoms with Gasteiger partial charge in [-0.3, -0.25) is 4.79 Å². The van der Waals surface area contributed by atoms with Gasteiger partial charge in [-0.2, -0.15) is 0 Å². The highest BCUT2D eigenvalue weighted by Crippen LogP contribution is 2.26. The van der Waals surface area contributed by atoms with Crippen molar-refractivity contribution in [2.45, 2.75) is 145 Å². The second kappa shape index (κ2) is 22.3. The molecule has 3 unspecified atom stereocenters. The molecule has 48 heavy (non-hydrogen) atoms. The second-order valence-corrected chi connectivity index (χ2v) is 13.1. The number of benzene rings is 2. The third-order valence-electron chi connectivity index (χ3n) is 9.30. The van der Waals surface area contributed by atoms with Crippen molar-refractivity contribution in [3.8, 4) is 0 Å². The summed E-state index contributed by atoms with van der Waals surface area (Å²) in [6.07, 6.45) is 4.34. The van der Waals surface area contributed by atoms with E-state index in [-0.39, 0.29) is 6.61 Å². The molecule has 1 saturated heterocycles. The van der Waals surface area contributed by atoms with E-state index in [1.165, 1.54) is 51.4 Å². The maximum absolute atomic E-state index is 13.9. The number of carbonyl (C=O) groups excluding carboxylic acids is 1. The van der Waals surface area contributed by atoms with Crippen molar-refractivity contribution in [1.29, 1.82) is 0 Å². The van der Waals surface area contributed by atoms with Crippen LogP contribution in [0.25, 0.3) is 0 Å². The van der Waals surface area contributed by atoms with Crippen LogP contribution in [0.3, 0.4) is 0 Å². The molecule has 2 aromatic rings. The van der Waals surface area contributed by atoms with Gasteiger partial charge in [0.25, 0.3) is 0 Å². The Balaban J connectivity index is 1.61. The molecule has 1 amide bonds. The standard InChI is InChI=1S/C38H59NO9/c1-2-3-4-5-6-7-8-9-10-11-12-19-24-30(41)33(42)29(26-47-38-36(45)35(44)34(43)31(25-40)48-38)39-37(46)32(27-20-15-13-16-21-27)28-22-17-14-18-23-28/h13-18,20-23,29-36,38,40-45H,2-12,19,24-26H2,1H3,(H,39,46)/t29?,30?,31-,33?,34+,35+,36-,38+/m1/s1. The van der Waals surface area contributed by atoms with Gasteiger partial charge in [-0.1, -0.05) is 145 Å². The Hall–Kier alpha value is -2.41. The van der Waals surface area contributed by atoms with Crippen LogP contribution < -0.4 is 5.32 Å². The van der Waals surface area contributed by atoms with Crippen molar-refractivity contribution in [3.05, 3.63) is 71.8 Å². The molecule has 0 aromatic heterocycles. The highest BCUT2D eigenvalue weighted by Gasteiger charge is 2.44. The maximum Gasteiger partial charge on any atom is 0.232 e. The summed E-state index contributed by atoms with van der Waals surface area (Å²) in [5.74, 6) is -1.14. The number of ether oxygens (including phenoxy) is 2. The molecular weight excluding hydrogens is 614 g/mol. The van der Waals surface area contributed by atoms with Gasteiger partial charge >= 0.3 is 0 Å². The number of hydrogen-bond acceptors (Lipinski definition) is 9. The monoisotopic (exact) mass is 673 g/mol. The lowest BCUT2D eigenvalue weighted by molar-refractivity contribution is -0.303. The number of aliphatic hydroxyl groups excluding tert-OH is 6. The van der Waals surface area contributed by atoms with Gasteiger partial charge in [0.15, 0.2) is 6.29 Å². The lowest BCUT2D eigenvalue weighted by Gasteiger charge is -2.40. The molecule has 1 aliphatic rings. The van der Waals surface area contributed by atoms with Gasteiger partial charge in [0.2, 0.25) is 5.91 Å². The van der Waals surface area contributed by atoms with E-state index < -0.39 is 67.4 Å². The molecule has 1 aliphatic heterocycles. The number of aliphatic hydroxyl groups is 6. The van der Waals surface area contributed by atoms with E-state index in [2.05, 4.69) is 12.2 Å². The van der Waals surface area contributed by atoms with Gasteiger partial charge in [-0.05, 0) is 17.5 Å². The van der Waals surface area contributed by atoms with Crippen LogP contribution in [0.4, 0.5) is 0 Å². The number of unbranched alkanes of at least 4 members (excludes halogenated alkanes) is 11. The molecular formula is C38H59NO9. The molecule has 0 spiro atoms. The largest absolute Gasteiger partial charge is 0.394 e. The molecule has 7 N–H and O–H groups in total. The van der Waals surface area contributed by atoms with E-state index >= 15 is 0 Å². The smallest absolute Gasteiger partial charge is 0.232 e. The fourth-order valence-electron chi connectivity index (χ4n) is 6.31. The first-order chi connectivity index (χ1) is 23.3. The predicted molar refractivity (Wildman–Crippen MR) is 184 cm³/mol. The highest BCUT2D eigenvalue weighted by atomic mass is 16.7. The first-order valence-electron chi connectivity index (χ1n) is 18.0. The summed E-state index contributed by atoms with van der Waals surface area (Å²) in [5.41, 5.74) is 1.47. The molecule has 1 fully saturated rings. The first kappa shape index (κ1) is 40.0.